The number of hydrogen-bond donors (Lipinski definition) is 2. The lowest BCUT2D eigenvalue weighted by molar-refractivity contribution is 0.0828. The maximum absolute atomic E-state index is 12.3. The van der Waals surface area contributed by atoms with Crippen LogP contribution in [-0.2, 0) is 0 Å². The van der Waals surface area contributed by atoms with E-state index >= 15 is 0 Å². The molecule has 0 spiro atoms. The molecule has 0 radical (unpaired) electrons. The number of nitrogens with two attached hydrogens (primary N) is 1. The molecule has 2 rings (SSSR count). The summed E-state index contributed by atoms with van der Waals surface area (Å²) >= 11 is 0. The molecule has 4 nitrogen and oxygen atoms in total. The molecule has 110 valence electrons. The Morgan fingerprint density at radius 3 is 2.50 bits per heavy atom. The topological polar surface area (TPSA) is 58.4 Å². The van der Waals surface area contributed by atoms with Crippen LogP contribution in [0.4, 0.5) is 11.4 Å². The van der Waals surface area contributed by atoms with Crippen molar-refractivity contribution in [3.8, 4) is 0 Å². The second-order valence-corrected chi connectivity index (χ2v) is 6.25. The molecule has 1 aliphatic carbocycles. The van der Waals surface area contributed by atoms with Gasteiger partial charge in [-0.15, -0.1) is 0 Å². The average molecular weight is 275 g/mol. The second kappa shape index (κ2) is 5.73. The zero-order valence-corrected chi connectivity index (χ0v) is 12.7. The van der Waals surface area contributed by atoms with Gasteiger partial charge in [-0.25, -0.2) is 0 Å². The standard InChI is InChI=1S/C16H25N3O/c1-16(9-5-4-6-10-16)18-14-11-12(17)7-8-13(14)15(20)19(2)3/h7-8,11,18H,4-6,9-10,17H2,1-3H3. The Labute approximate surface area is 121 Å². The molecule has 1 amide bonds. The fourth-order valence-electron chi connectivity index (χ4n) is 2.87. The Morgan fingerprint density at radius 2 is 1.90 bits per heavy atom. The van der Waals surface area contributed by atoms with E-state index in [1.54, 1.807) is 25.1 Å². The summed E-state index contributed by atoms with van der Waals surface area (Å²) in [5.41, 5.74) is 8.18. The lowest BCUT2D eigenvalue weighted by atomic mass is 9.83. The van der Waals surface area contributed by atoms with Crippen LogP contribution in [0.5, 0.6) is 0 Å². The summed E-state index contributed by atoms with van der Waals surface area (Å²) in [5, 5.41) is 3.57. The number of carbonyl (C=O) groups is 1. The molecule has 1 aromatic carbocycles. The number of carbonyl (C=O) groups excluding carboxylic acids is 1. The molecule has 1 aromatic rings. The van der Waals surface area contributed by atoms with Crippen molar-refractivity contribution in [3.05, 3.63) is 23.8 Å². The summed E-state index contributed by atoms with van der Waals surface area (Å²) in [6, 6.07) is 5.47. The van der Waals surface area contributed by atoms with Crippen LogP contribution in [0.25, 0.3) is 0 Å². The van der Waals surface area contributed by atoms with Gasteiger partial charge in [0.05, 0.1) is 5.56 Å². The predicted octanol–water partition coefficient (Wildman–Crippen LogP) is 3.11. The number of amides is 1. The third-order valence-corrected chi connectivity index (χ3v) is 4.07. The Morgan fingerprint density at radius 1 is 1.25 bits per heavy atom. The third-order valence-electron chi connectivity index (χ3n) is 4.07. The van der Waals surface area contributed by atoms with E-state index in [1.165, 1.54) is 19.3 Å². The molecule has 3 N–H and O–H groups in total. The van der Waals surface area contributed by atoms with E-state index in [9.17, 15) is 4.79 Å². The predicted molar refractivity (Wildman–Crippen MR) is 84.0 cm³/mol. The summed E-state index contributed by atoms with van der Waals surface area (Å²) in [6.45, 7) is 2.24. The van der Waals surface area contributed by atoms with Crippen molar-refractivity contribution in [2.24, 2.45) is 0 Å². The van der Waals surface area contributed by atoms with Crippen LogP contribution in [0.15, 0.2) is 18.2 Å². The second-order valence-electron chi connectivity index (χ2n) is 6.25. The largest absolute Gasteiger partial charge is 0.399 e. The summed E-state index contributed by atoms with van der Waals surface area (Å²) in [7, 11) is 3.54. The molecule has 0 aliphatic heterocycles. The highest BCUT2D eigenvalue weighted by Crippen LogP contribution is 2.33. The highest BCUT2D eigenvalue weighted by atomic mass is 16.2. The van der Waals surface area contributed by atoms with Gasteiger partial charge in [-0.3, -0.25) is 4.79 Å². The Balaban J connectivity index is 2.29. The fourth-order valence-corrected chi connectivity index (χ4v) is 2.87. The van der Waals surface area contributed by atoms with Crippen LogP contribution in [0.1, 0.15) is 49.4 Å². The van der Waals surface area contributed by atoms with Crippen LogP contribution in [-0.4, -0.2) is 30.4 Å². The van der Waals surface area contributed by atoms with E-state index in [0.29, 0.717) is 11.3 Å². The fraction of sp³-hybridized carbons (Fsp3) is 0.562. The number of rotatable bonds is 3. The van der Waals surface area contributed by atoms with Crippen LogP contribution in [0.2, 0.25) is 0 Å². The molecule has 20 heavy (non-hydrogen) atoms. The maximum atomic E-state index is 12.3. The smallest absolute Gasteiger partial charge is 0.255 e. The van der Waals surface area contributed by atoms with Crippen molar-refractivity contribution >= 4 is 17.3 Å². The minimum atomic E-state index is 0.00640. The van der Waals surface area contributed by atoms with E-state index < -0.39 is 0 Å². The number of nitrogen functional groups attached to an aromatic ring is 1. The Bertz CT molecular complexity index is 490. The van der Waals surface area contributed by atoms with E-state index in [4.69, 9.17) is 5.73 Å². The van der Waals surface area contributed by atoms with Crippen LogP contribution in [0.3, 0.4) is 0 Å². The molecule has 0 unspecified atom stereocenters. The first-order valence-corrected chi connectivity index (χ1v) is 7.31. The van der Waals surface area contributed by atoms with Gasteiger partial charge in [0.2, 0.25) is 0 Å². The molecule has 0 aromatic heterocycles. The SMILES string of the molecule is CN(C)C(=O)c1ccc(N)cc1NC1(C)CCCCC1. The molecule has 0 saturated heterocycles. The number of anilines is 2. The average Bonchev–Trinajstić information content (AvgIpc) is 2.38. The van der Waals surface area contributed by atoms with Gasteiger partial charge < -0.3 is 16.0 Å². The third kappa shape index (κ3) is 3.24. The van der Waals surface area contributed by atoms with Gasteiger partial charge in [0, 0.05) is 31.0 Å². The molecular formula is C16H25N3O. The summed E-state index contributed by atoms with van der Waals surface area (Å²) in [4.78, 5) is 13.9. The number of nitrogens with zero attached hydrogens (tertiary/aromatic N) is 1. The summed E-state index contributed by atoms with van der Waals surface area (Å²) in [5.74, 6) is 0.00640. The van der Waals surface area contributed by atoms with Crippen molar-refractivity contribution in [2.45, 2.75) is 44.6 Å². The van der Waals surface area contributed by atoms with E-state index in [0.717, 1.165) is 18.5 Å². The normalized spacial score (nSPS) is 17.6. The van der Waals surface area contributed by atoms with Gasteiger partial charge in [-0.2, -0.15) is 0 Å². The number of benzene rings is 1. The number of nitrogens with one attached hydrogen (secondary N) is 1. The maximum Gasteiger partial charge on any atom is 0.255 e. The molecule has 0 bridgehead atoms. The van der Waals surface area contributed by atoms with E-state index in [2.05, 4.69) is 12.2 Å². The number of hydrogen-bond acceptors (Lipinski definition) is 3. The van der Waals surface area contributed by atoms with Crippen LogP contribution >= 0.6 is 0 Å². The van der Waals surface area contributed by atoms with E-state index in [-0.39, 0.29) is 11.4 Å². The zero-order chi connectivity index (χ0) is 14.8. The van der Waals surface area contributed by atoms with Crippen molar-refractivity contribution < 1.29 is 4.79 Å². The summed E-state index contributed by atoms with van der Waals surface area (Å²) < 4.78 is 0. The first-order chi connectivity index (χ1) is 9.41. The minimum absolute atomic E-state index is 0.00640. The Hall–Kier alpha value is -1.71. The van der Waals surface area contributed by atoms with Crippen molar-refractivity contribution in [3.63, 3.8) is 0 Å². The van der Waals surface area contributed by atoms with Crippen LogP contribution < -0.4 is 11.1 Å². The quantitative estimate of drug-likeness (QED) is 0.833. The molecule has 0 heterocycles. The molecular weight excluding hydrogens is 250 g/mol. The molecule has 1 saturated carbocycles. The zero-order valence-electron chi connectivity index (χ0n) is 12.7. The lowest BCUT2D eigenvalue weighted by Gasteiger charge is -2.36. The molecule has 4 heteroatoms. The highest BCUT2D eigenvalue weighted by molar-refractivity contribution is 6.00. The molecule has 0 atom stereocenters. The highest BCUT2D eigenvalue weighted by Gasteiger charge is 2.28. The van der Waals surface area contributed by atoms with Crippen molar-refractivity contribution in [1.82, 2.24) is 4.90 Å². The first-order valence-electron chi connectivity index (χ1n) is 7.31. The lowest BCUT2D eigenvalue weighted by Crippen LogP contribution is -2.37. The molecule has 1 fully saturated rings. The van der Waals surface area contributed by atoms with Gasteiger partial charge in [-0.05, 0) is 38.0 Å². The van der Waals surface area contributed by atoms with Crippen molar-refractivity contribution in [1.29, 1.82) is 0 Å². The van der Waals surface area contributed by atoms with Crippen LogP contribution in [0, 0.1) is 0 Å². The first kappa shape index (κ1) is 14.7. The van der Waals surface area contributed by atoms with Gasteiger partial charge >= 0.3 is 0 Å². The van der Waals surface area contributed by atoms with Gasteiger partial charge in [0.15, 0.2) is 0 Å². The minimum Gasteiger partial charge on any atom is -0.399 e. The summed E-state index contributed by atoms with van der Waals surface area (Å²) in [6.07, 6.45) is 6.05. The van der Waals surface area contributed by atoms with Gasteiger partial charge in [0.25, 0.3) is 5.91 Å². The molecule has 1 aliphatic rings. The monoisotopic (exact) mass is 275 g/mol. The van der Waals surface area contributed by atoms with Crippen molar-refractivity contribution in [2.75, 3.05) is 25.1 Å². The van der Waals surface area contributed by atoms with Gasteiger partial charge in [0.1, 0.15) is 0 Å². The Kier molecular flexibility index (Phi) is 4.21. The van der Waals surface area contributed by atoms with E-state index in [1.807, 2.05) is 12.1 Å². The van der Waals surface area contributed by atoms with Gasteiger partial charge in [-0.1, -0.05) is 19.3 Å².